The van der Waals surface area contributed by atoms with Crippen LogP contribution in [0, 0.1) is 0 Å². The van der Waals surface area contributed by atoms with Crippen LogP contribution in [0.15, 0.2) is 30.5 Å². The number of anilines is 1. The summed E-state index contributed by atoms with van der Waals surface area (Å²) in [5.74, 6) is -0.335. The Labute approximate surface area is 171 Å². The van der Waals surface area contributed by atoms with Gasteiger partial charge < -0.3 is 15.1 Å². The number of piperidine rings is 1. The normalized spacial score (nSPS) is 17.8. The Hall–Kier alpha value is -2.74. The molecule has 29 heavy (non-hydrogen) atoms. The lowest BCUT2D eigenvalue weighted by molar-refractivity contribution is 0.0644. The number of aromatic nitrogens is 3. The van der Waals surface area contributed by atoms with Crippen LogP contribution in [-0.2, 0) is 5.54 Å². The third kappa shape index (κ3) is 5.00. The van der Waals surface area contributed by atoms with E-state index in [0.29, 0.717) is 11.3 Å². The summed E-state index contributed by atoms with van der Waals surface area (Å²) in [4.78, 5) is 29.3. The predicted molar refractivity (Wildman–Crippen MR) is 112 cm³/mol. The van der Waals surface area contributed by atoms with E-state index < -0.39 is 0 Å². The van der Waals surface area contributed by atoms with Crippen molar-refractivity contribution in [3.8, 4) is 0 Å². The van der Waals surface area contributed by atoms with Gasteiger partial charge in [0, 0.05) is 30.9 Å². The summed E-state index contributed by atoms with van der Waals surface area (Å²) in [5.41, 5.74) is 1.22. The van der Waals surface area contributed by atoms with Crippen LogP contribution in [-0.4, -0.2) is 69.8 Å². The fourth-order valence-corrected chi connectivity index (χ4v) is 3.41. The average molecular weight is 399 g/mol. The molecule has 1 unspecified atom stereocenters. The van der Waals surface area contributed by atoms with Gasteiger partial charge in [-0.25, -0.2) is 4.68 Å². The van der Waals surface area contributed by atoms with Crippen LogP contribution < -0.4 is 5.32 Å². The zero-order valence-electron chi connectivity index (χ0n) is 17.8. The lowest BCUT2D eigenvalue weighted by atomic mass is 10.0. The molecule has 3 rings (SSSR count). The molecule has 2 aromatic rings. The van der Waals surface area contributed by atoms with Crippen LogP contribution in [0.4, 0.5) is 5.69 Å². The first-order valence-electron chi connectivity index (χ1n) is 9.95. The van der Waals surface area contributed by atoms with E-state index in [2.05, 4.69) is 27.6 Å². The maximum Gasteiger partial charge on any atom is 0.277 e. The van der Waals surface area contributed by atoms with Gasteiger partial charge in [-0.05, 0) is 71.5 Å². The molecule has 1 N–H and O–H groups in total. The first kappa shape index (κ1) is 21.0. The second-order valence-corrected chi connectivity index (χ2v) is 8.72. The maximum absolute atomic E-state index is 12.8. The Morgan fingerprint density at radius 1 is 1.21 bits per heavy atom. The smallest absolute Gasteiger partial charge is 0.277 e. The highest BCUT2D eigenvalue weighted by Crippen LogP contribution is 2.18. The molecule has 8 nitrogen and oxygen atoms in total. The minimum absolute atomic E-state index is 0.00343. The van der Waals surface area contributed by atoms with Crippen LogP contribution in [0.1, 0.15) is 54.5 Å². The van der Waals surface area contributed by atoms with Gasteiger partial charge >= 0.3 is 0 Å². The molecule has 0 radical (unpaired) electrons. The van der Waals surface area contributed by atoms with E-state index in [1.54, 1.807) is 35.1 Å². The van der Waals surface area contributed by atoms with Gasteiger partial charge in [-0.15, -0.1) is 5.10 Å². The minimum atomic E-state index is -0.332. The van der Waals surface area contributed by atoms with Crippen molar-refractivity contribution >= 4 is 17.5 Å². The number of nitrogens with one attached hydrogen (secondary N) is 1. The van der Waals surface area contributed by atoms with Crippen LogP contribution in [0.2, 0.25) is 0 Å². The number of rotatable bonds is 4. The molecule has 1 aliphatic heterocycles. The van der Waals surface area contributed by atoms with Crippen molar-refractivity contribution in [1.29, 1.82) is 0 Å². The van der Waals surface area contributed by atoms with Gasteiger partial charge in [0.2, 0.25) is 0 Å². The molecule has 0 spiro atoms. The van der Waals surface area contributed by atoms with Crippen molar-refractivity contribution in [2.45, 2.75) is 45.2 Å². The largest absolute Gasteiger partial charge is 0.337 e. The number of likely N-dealkylation sites (tertiary alicyclic amines) is 1. The van der Waals surface area contributed by atoms with Crippen molar-refractivity contribution < 1.29 is 9.59 Å². The summed E-state index contributed by atoms with van der Waals surface area (Å²) in [6.07, 6.45) is 3.75. The Kier molecular flexibility index (Phi) is 6.02. The molecule has 1 saturated heterocycles. The Balaban J connectivity index is 1.63. The molecular weight excluding hydrogens is 368 g/mol. The lowest BCUT2D eigenvalue weighted by Crippen LogP contribution is -2.47. The first-order chi connectivity index (χ1) is 13.6. The van der Waals surface area contributed by atoms with E-state index in [-0.39, 0.29) is 29.1 Å². The number of nitrogens with zero attached hydrogens (tertiary/aromatic N) is 5. The van der Waals surface area contributed by atoms with Gasteiger partial charge in [-0.2, -0.15) is 0 Å². The molecule has 1 atom stereocenters. The van der Waals surface area contributed by atoms with Crippen LogP contribution in [0.5, 0.6) is 0 Å². The molecule has 0 saturated carbocycles. The molecule has 1 aliphatic rings. The maximum atomic E-state index is 12.8. The molecule has 2 heterocycles. The highest BCUT2D eigenvalue weighted by atomic mass is 16.2. The number of carbonyl (C=O) groups is 2. The molecule has 1 aromatic carbocycles. The van der Waals surface area contributed by atoms with E-state index in [4.69, 9.17) is 0 Å². The summed E-state index contributed by atoms with van der Waals surface area (Å²) < 4.78 is 1.65. The molecule has 0 bridgehead atoms. The molecule has 0 aliphatic carbocycles. The van der Waals surface area contributed by atoms with Crippen molar-refractivity contribution in [2.24, 2.45) is 0 Å². The third-order valence-corrected chi connectivity index (χ3v) is 5.27. The highest BCUT2D eigenvalue weighted by molar-refractivity contribution is 6.03. The number of hydrogen-bond donors (Lipinski definition) is 1. The van der Waals surface area contributed by atoms with Crippen LogP contribution in [0.3, 0.4) is 0 Å². The average Bonchev–Trinajstić information content (AvgIpc) is 3.18. The third-order valence-electron chi connectivity index (χ3n) is 5.27. The lowest BCUT2D eigenvalue weighted by Gasteiger charge is -2.35. The van der Waals surface area contributed by atoms with E-state index in [0.717, 1.165) is 25.9 Å². The van der Waals surface area contributed by atoms with Gasteiger partial charge in [0.25, 0.3) is 11.8 Å². The van der Waals surface area contributed by atoms with Gasteiger partial charge in [-0.1, -0.05) is 5.21 Å². The van der Waals surface area contributed by atoms with Gasteiger partial charge in [-0.3, -0.25) is 9.59 Å². The Bertz CT molecular complexity index is 868. The fraction of sp³-hybridized carbons (Fsp3) is 0.524. The minimum Gasteiger partial charge on any atom is -0.337 e. The summed E-state index contributed by atoms with van der Waals surface area (Å²) >= 11 is 0. The highest BCUT2D eigenvalue weighted by Gasteiger charge is 2.25. The van der Waals surface area contributed by atoms with Crippen molar-refractivity contribution in [3.05, 3.63) is 41.7 Å². The molecule has 156 valence electrons. The zero-order valence-corrected chi connectivity index (χ0v) is 17.8. The standard InChI is InChI=1S/C21H30N6O2/c1-21(2,3)27-14-18(23-24-27)19(28)22-16-10-8-15(9-11-16)20(29)26(5)17-7-6-12-25(4)13-17/h8-11,14,17H,6-7,12-13H2,1-5H3,(H,22,28). The quantitative estimate of drug-likeness (QED) is 0.855. The second kappa shape index (κ2) is 8.32. The van der Waals surface area contributed by atoms with E-state index >= 15 is 0 Å². The summed E-state index contributed by atoms with van der Waals surface area (Å²) in [6, 6.07) is 7.19. The summed E-state index contributed by atoms with van der Waals surface area (Å²) in [5, 5.41) is 10.8. The monoisotopic (exact) mass is 398 g/mol. The van der Waals surface area contributed by atoms with Crippen molar-refractivity contribution in [3.63, 3.8) is 0 Å². The Morgan fingerprint density at radius 2 is 1.90 bits per heavy atom. The summed E-state index contributed by atoms with van der Waals surface area (Å²) in [7, 11) is 3.95. The van der Waals surface area contributed by atoms with Crippen LogP contribution >= 0.6 is 0 Å². The van der Waals surface area contributed by atoms with Gasteiger partial charge in [0.1, 0.15) is 0 Å². The van der Waals surface area contributed by atoms with Crippen LogP contribution in [0.25, 0.3) is 0 Å². The molecule has 8 heteroatoms. The predicted octanol–water partition coefficient (Wildman–Crippen LogP) is 2.45. The van der Waals surface area contributed by atoms with E-state index in [1.807, 2.05) is 32.7 Å². The van der Waals surface area contributed by atoms with Crippen molar-refractivity contribution in [1.82, 2.24) is 24.8 Å². The number of carbonyl (C=O) groups excluding carboxylic acids is 2. The number of benzene rings is 1. The Morgan fingerprint density at radius 3 is 2.48 bits per heavy atom. The van der Waals surface area contributed by atoms with E-state index in [1.165, 1.54) is 0 Å². The number of likely N-dealkylation sites (N-methyl/N-ethyl adjacent to an activating group) is 2. The SMILES string of the molecule is CN1CCCC(N(C)C(=O)c2ccc(NC(=O)c3cn(C(C)(C)C)nn3)cc2)C1. The van der Waals surface area contributed by atoms with Gasteiger partial charge in [0.15, 0.2) is 5.69 Å². The zero-order chi connectivity index (χ0) is 21.2. The first-order valence-corrected chi connectivity index (χ1v) is 9.95. The topological polar surface area (TPSA) is 83.4 Å². The number of amides is 2. The van der Waals surface area contributed by atoms with E-state index in [9.17, 15) is 9.59 Å². The molecule has 2 amide bonds. The second-order valence-electron chi connectivity index (χ2n) is 8.72. The summed E-state index contributed by atoms with van der Waals surface area (Å²) in [6.45, 7) is 7.94. The molecule has 1 aromatic heterocycles. The van der Waals surface area contributed by atoms with Crippen molar-refractivity contribution in [2.75, 3.05) is 32.5 Å². The number of hydrogen-bond acceptors (Lipinski definition) is 5. The van der Waals surface area contributed by atoms with Gasteiger partial charge in [0.05, 0.1) is 11.7 Å². The molecular formula is C21H30N6O2. The molecule has 1 fully saturated rings. The fourth-order valence-electron chi connectivity index (χ4n) is 3.41.